The summed E-state index contributed by atoms with van der Waals surface area (Å²) in [5, 5.41) is 7.30. The van der Waals surface area contributed by atoms with Crippen molar-refractivity contribution in [3.05, 3.63) is 108 Å². The van der Waals surface area contributed by atoms with Gasteiger partial charge in [-0.15, -0.1) is 0 Å². The molecule has 4 aromatic rings. The van der Waals surface area contributed by atoms with Crippen LogP contribution in [0.4, 0.5) is 14.5 Å². The lowest BCUT2D eigenvalue weighted by Crippen LogP contribution is -2.07. The normalized spacial score (nSPS) is 11.0. The first kappa shape index (κ1) is 19.3. The third-order valence-electron chi connectivity index (χ3n) is 4.41. The molecule has 0 spiro atoms. The van der Waals surface area contributed by atoms with Gasteiger partial charge in [-0.2, -0.15) is 5.10 Å². The van der Waals surface area contributed by atoms with Gasteiger partial charge in [-0.3, -0.25) is 4.79 Å². The van der Waals surface area contributed by atoms with Gasteiger partial charge in [0.25, 0.3) is 0 Å². The fourth-order valence-electron chi connectivity index (χ4n) is 2.94. The van der Waals surface area contributed by atoms with Crippen LogP contribution in [0.2, 0.25) is 0 Å². The van der Waals surface area contributed by atoms with E-state index in [9.17, 15) is 13.6 Å². The van der Waals surface area contributed by atoms with E-state index in [1.165, 1.54) is 42.5 Å². The molecule has 6 heteroatoms. The van der Waals surface area contributed by atoms with Gasteiger partial charge in [0.05, 0.1) is 11.4 Å². The van der Waals surface area contributed by atoms with E-state index >= 15 is 0 Å². The van der Waals surface area contributed by atoms with Crippen LogP contribution < -0.4 is 5.32 Å². The number of rotatable bonds is 5. The Kier molecular flexibility index (Phi) is 5.48. The minimum absolute atomic E-state index is 0.336. The molecule has 1 aromatic heterocycles. The van der Waals surface area contributed by atoms with E-state index in [1.807, 2.05) is 30.3 Å². The van der Waals surface area contributed by atoms with E-state index in [1.54, 1.807) is 29.1 Å². The van der Waals surface area contributed by atoms with Crippen molar-refractivity contribution in [2.75, 3.05) is 5.32 Å². The topological polar surface area (TPSA) is 46.9 Å². The molecule has 0 radical (unpaired) electrons. The Morgan fingerprint density at radius 1 is 0.867 bits per heavy atom. The summed E-state index contributed by atoms with van der Waals surface area (Å²) >= 11 is 0. The number of para-hydroxylation sites is 1. The zero-order valence-corrected chi connectivity index (χ0v) is 15.8. The highest BCUT2D eigenvalue weighted by Gasteiger charge is 2.11. The Hall–Kier alpha value is -4.06. The van der Waals surface area contributed by atoms with Crippen LogP contribution in [-0.2, 0) is 4.79 Å². The first-order chi connectivity index (χ1) is 14.6. The molecule has 0 saturated carbocycles. The fraction of sp³-hybridized carbons (Fsp3) is 0. The number of hydrogen-bond donors (Lipinski definition) is 1. The van der Waals surface area contributed by atoms with Crippen LogP contribution in [-0.4, -0.2) is 15.7 Å². The number of carbonyl (C=O) groups is 1. The number of hydrogen-bond acceptors (Lipinski definition) is 2. The van der Waals surface area contributed by atoms with Crippen molar-refractivity contribution in [2.24, 2.45) is 0 Å². The van der Waals surface area contributed by atoms with Crippen LogP contribution >= 0.6 is 0 Å². The van der Waals surface area contributed by atoms with E-state index in [4.69, 9.17) is 0 Å². The van der Waals surface area contributed by atoms with Crippen LogP contribution in [0.3, 0.4) is 0 Å². The predicted octanol–water partition coefficient (Wildman–Crippen LogP) is 5.47. The number of halogens is 2. The summed E-state index contributed by atoms with van der Waals surface area (Å²) in [7, 11) is 0. The number of carbonyl (C=O) groups excluding carboxylic acids is 1. The second-order valence-electron chi connectivity index (χ2n) is 6.55. The van der Waals surface area contributed by atoms with Crippen molar-refractivity contribution in [3.63, 3.8) is 0 Å². The molecule has 0 atom stereocenters. The lowest BCUT2D eigenvalue weighted by Gasteiger charge is -2.01. The first-order valence-electron chi connectivity index (χ1n) is 9.24. The van der Waals surface area contributed by atoms with E-state index < -0.39 is 0 Å². The molecular formula is C24H17F2N3O. The van der Waals surface area contributed by atoms with Crippen LogP contribution in [0.5, 0.6) is 0 Å². The zero-order valence-electron chi connectivity index (χ0n) is 15.8. The van der Waals surface area contributed by atoms with Gasteiger partial charge in [0.2, 0.25) is 5.91 Å². The molecule has 1 heterocycles. The molecule has 1 N–H and O–H groups in total. The number of aromatic nitrogens is 2. The molecule has 30 heavy (non-hydrogen) atoms. The molecule has 3 aromatic carbocycles. The predicted molar refractivity (Wildman–Crippen MR) is 113 cm³/mol. The van der Waals surface area contributed by atoms with Crippen molar-refractivity contribution in [1.82, 2.24) is 9.78 Å². The fourth-order valence-corrected chi connectivity index (χ4v) is 2.94. The average Bonchev–Trinajstić information content (AvgIpc) is 3.19. The van der Waals surface area contributed by atoms with Crippen LogP contribution in [0.1, 0.15) is 5.56 Å². The van der Waals surface area contributed by atoms with Crippen molar-refractivity contribution < 1.29 is 13.6 Å². The summed E-state index contributed by atoms with van der Waals surface area (Å²) in [6, 6.07) is 21.1. The van der Waals surface area contributed by atoms with Crippen LogP contribution in [0.25, 0.3) is 23.0 Å². The van der Waals surface area contributed by atoms with E-state index in [0.717, 1.165) is 11.3 Å². The second kappa shape index (κ2) is 8.53. The summed E-state index contributed by atoms with van der Waals surface area (Å²) in [6.07, 6.45) is 4.82. The van der Waals surface area contributed by atoms with Gasteiger partial charge in [-0.1, -0.05) is 18.2 Å². The molecule has 0 bridgehead atoms. The monoisotopic (exact) mass is 401 g/mol. The number of nitrogens with zero attached hydrogens (tertiary/aromatic N) is 2. The average molecular weight is 401 g/mol. The quantitative estimate of drug-likeness (QED) is 0.451. The Morgan fingerprint density at radius 2 is 1.50 bits per heavy atom. The molecule has 0 aliphatic heterocycles. The number of anilines is 1. The molecule has 148 valence electrons. The first-order valence-corrected chi connectivity index (χ1v) is 9.24. The minimum Gasteiger partial charge on any atom is -0.323 e. The van der Waals surface area contributed by atoms with Gasteiger partial charge >= 0.3 is 0 Å². The maximum absolute atomic E-state index is 13.3. The van der Waals surface area contributed by atoms with Gasteiger partial charge in [-0.05, 0) is 66.7 Å². The van der Waals surface area contributed by atoms with Crippen molar-refractivity contribution in [1.29, 1.82) is 0 Å². The second-order valence-corrected chi connectivity index (χ2v) is 6.55. The van der Waals surface area contributed by atoms with Crippen LogP contribution in [0, 0.1) is 11.6 Å². The van der Waals surface area contributed by atoms with E-state index in [2.05, 4.69) is 10.4 Å². The maximum Gasteiger partial charge on any atom is 0.248 e. The van der Waals surface area contributed by atoms with E-state index in [-0.39, 0.29) is 17.5 Å². The zero-order chi connectivity index (χ0) is 20.9. The molecule has 0 aliphatic rings. The smallest absolute Gasteiger partial charge is 0.248 e. The molecule has 0 aliphatic carbocycles. The standard InChI is InChI=1S/C24H17F2N3O/c25-19-9-6-17(7-10-19)24-18(16-29(28-24)22-4-2-1-3-5-22)8-15-23(30)27-21-13-11-20(26)12-14-21/h1-16H,(H,27,30). The van der Waals surface area contributed by atoms with Gasteiger partial charge in [0, 0.05) is 29.1 Å². The molecule has 0 unspecified atom stereocenters. The summed E-state index contributed by atoms with van der Waals surface area (Å²) in [5.74, 6) is -1.07. The SMILES string of the molecule is O=C(C=Cc1cn(-c2ccccc2)nc1-c1ccc(F)cc1)Nc1ccc(F)cc1. The summed E-state index contributed by atoms with van der Waals surface area (Å²) in [5.41, 5.74) is 3.38. The molecule has 4 rings (SSSR count). The van der Waals surface area contributed by atoms with Gasteiger partial charge in [-0.25, -0.2) is 13.5 Å². The van der Waals surface area contributed by atoms with Gasteiger partial charge in [0.15, 0.2) is 0 Å². The summed E-state index contributed by atoms with van der Waals surface area (Å²) in [6.45, 7) is 0. The highest BCUT2D eigenvalue weighted by Crippen LogP contribution is 2.25. The Bertz CT molecular complexity index is 1180. The van der Waals surface area contributed by atoms with Crippen molar-refractivity contribution in [2.45, 2.75) is 0 Å². The Labute approximate surface area is 172 Å². The third-order valence-corrected chi connectivity index (χ3v) is 4.41. The highest BCUT2D eigenvalue weighted by atomic mass is 19.1. The number of benzene rings is 3. The lowest BCUT2D eigenvalue weighted by atomic mass is 10.1. The number of nitrogens with one attached hydrogen (secondary N) is 1. The lowest BCUT2D eigenvalue weighted by molar-refractivity contribution is -0.111. The molecule has 0 saturated heterocycles. The van der Waals surface area contributed by atoms with Crippen molar-refractivity contribution >= 4 is 17.7 Å². The van der Waals surface area contributed by atoms with Gasteiger partial charge in [0.1, 0.15) is 11.6 Å². The molecule has 4 nitrogen and oxygen atoms in total. The van der Waals surface area contributed by atoms with Crippen molar-refractivity contribution in [3.8, 4) is 16.9 Å². The Balaban J connectivity index is 1.64. The number of amides is 1. The van der Waals surface area contributed by atoms with Gasteiger partial charge < -0.3 is 5.32 Å². The largest absolute Gasteiger partial charge is 0.323 e. The maximum atomic E-state index is 13.3. The molecule has 1 amide bonds. The summed E-state index contributed by atoms with van der Waals surface area (Å²) in [4.78, 5) is 12.3. The minimum atomic E-state index is -0.374. The van der Waals surface area contributed by atoms with Crippen LogP contribution in [0.15, 0.2) is 91.1 Å². The summed E-state index contributed by atoms with van der Waals surface area (Å²) < 4.78 is 28.1. The molecule has 0 fully saturated rings. The molecular weight excluding hydrogens is 384 g/mol. The van der Waals surface area contributed by atoms with E-state index in [0.29, 0.717) is 16.9 Å². The third kappa shape index (κ3) is 4.50. The highest BCUT2D eigenvalue weighted by molar-refractivity contribution is 6.02. The Morgan fingerprint density at radius 3 is 2.17 bits per heavy atom.